The largest absolute Gasteiger partial charge is 0.378 e. The van der Waals surface area contributed by atoms with E-state index in [1.165, 1.54) is 0 Å². The Bertz CT molecular complexity index is 2360. The molecule has 0 unspecified atom stereocenters. The third-order valence-corrected chi connectivity index (χ3v) is 10.9. The average Bonchev–Trinajstić information content (AvgIpc) is 3.28. The lowest BCUT2D eigenvalue weighted by molar-refractivity contribution is -0.132. The van der Waals surface area contributed by atoms with E-state index < -0.39 is 41.5 Å². The fraction of sp³-hybridized carbons (Fsp3) is 0.0980. The molecule has 0 saturated carbocycles. The average molecular weight is 747 g/mol. The molecular weight excluding hydrogens is 705 g/mol. The Hall–Kier alpha value is -6.86. The number of fused-ring (bicyclic) bond motifs is 2. The highest BCUT2D eigenvalue weighted by molar-refractivity contribution is 5.98. The summed E-state index contributed by atoms with van der Waals surface area (Å²) >= 11 is 0. The number of hydrogen-bond donors (Lipinski definition) is 4. The van der Waals surface area contributed by atoms with Crippen molar-refractivity contribution in [1.82, 2.24) is 10.6 Å². The summed E-state index contributed by atoms with van der Waals surface area (Å²) in [6.45, 7) is 0. The van der Waals surface area contributed by atoms with Crippen molar-refractivity contribution in [3.05, 3.63) is 240 Å². The molecule has 8 rings (SSSR count). The van der Waals surface area contributed by atoms with Gasteiger partial charge in [0, 0.05) is 0 Å². The summed E-state index contributed by atoms with van der Waals surface area (Å²) in [7, 11) is 0. The summed E-state index contributed by atoms with van der Waals surface area (Å²) in [5.74, 6) is -1.20. The zero-order valence-corrected chi connectivity index (χ0v) is 31.2. The van der Waals surface area contributed by atoms with E-state index >= 15 is 0 Å². The van der Waals surface area contributed by atoms with Crippen LogP contribution in [0.4, 0.5) is 0 Å². The monoisotopic (exact) mass is 746 g/mol. The predicted octanol–water partition coefficient (Wildman–Crippen LogP) is 9.27. The lowest BCUT2D eigenvalue weighted by Gasteiger charge is -2.39. The molecule has 0 heterocycles. The van der Waals surface area contributed by atoms with Crippen molar-refractivity contribution in [3.8, 4) is 0 Å². The Morgan fingerprint density at radius 1 is 0.386 bits per heavy atom. The highest BCUT2D eigenvalue weighted by Gasteiger charge is 2.45. The lowest BCUT2D eigenvalue weighted by atomic mass is 9.76. The van der Waals surface area contributed by atoms with Gasteiger partial charge >= 0.3 is 0 Å². The van der Waals surface area contributed by atoms with Crippen LogP contribution in [0.25, 0.3) is 21.5 Å². The molecule has 8 aromatic rings. The molecular formula is C51H42N2O4. The molecule has 0 aromatic heterocycles. The first-order chi connectivity index (χ1) is 27.9. The van der Waals surface area contributed by atoms with Gasteiger partial charge in [0.2, 0.25) is 11.8 Å². The van der Waals surface area contributed by atoms with Crippen molar-refractivity contribution in [2.45, 2.75) is 29.7 Å². The highest BCUT2D eigenvalue weighted by Crippen LogP contribution is 2.45. The number of rotatable bonds is 12. The second kappa shape index (κ2) is 16.1. The summed E-state index contributed by atoms with van der Waals surface area (Å²) < 4.78 is 0. The molecule has 57 heavy (non-hydrogen) atoms. The Balaban J connectivity index is 1.21. The molecule has 280 valence electrons. The molecule has 0 aliphatic carbocycles. The Morgan fingerprint density at radius 3 is 1.00 bits per heavy atom. The first-order valence-corrected chi connectivity index (χ1v) is 19.1. The Kier molecular flexibility index (Phi) is 10.5. The topological polar surface area (TPSA) is 98.7 Å². The molecule has 8 aromatic carbocycles. The van der Waals surface area contributed by atoms with Crippen molar-refractivity contribution in [1.29, 1.82) is 0 Å². The lowest BCUT2D eigenvalue weighted by Crippen LogP contribution is -2.48. The van der Waals surface area contributed by atoms with Crippen LogP contribution in [0.5, 0.6) is 0 Å². The van der Waals surface area contributed by atoms with Crippen LogP contribution in [0.2, 0.25) is 0 Å². The van der Waals surface area contributed by atoms with E-state index in [2.05, 4.69) is 10.6 Å². The molecule has 4 N–H and O–H groups in total. The molecule has 0 aliphatic heterocycles. The number of amides is 2. The van der Waals surface area contributed by atoms with Crippen LogP contribution in [0.3, 0.4) is 0 Å². The van der Waals surface area contributed by atoms with Gasteiger partial charge in [-0.3, -0.25) is 9.59 Å². The summed E-state index contributed by atoms with van der Waals surface area (Å²) in [5, 5.41) is 36.1. The van der Waals surface area contributed by atoms with E-state index in [0.29, 0.717) is 33.4 Å². The SMILES string of the molecule is O=C(CC(=O)N[C@H](c1cccc2ccccc12)C(O)(c1ccccc1)c1ccccc1)N[C@H](c1cccc2ccccc12)C(O)(c1ccccc1)c1ccccc1. The van der Waals surface area contributed by atoms with E-state index in [9.17, 15) is 19.8 Å². The smallest absolute Gasteiger partial charge is 0.230 e. The second-order valence-electron chi connectivity index (χ2n) is 14.3. The van der Waals surface area contributed by atoms with Crippen LogP contribution >= 0.6 is 0 Å². The molecule has 0 radical (unpaired) electrons. The molecule has 6 nitrogen and oxygen atoms in total. The van der Waals surface area contributed by atoms with Gasteiger partial charge in [0.1, 0.15) is 17.6 Å². The standard InChI is InChI=1S/C51H42N2O4/c54-46(52-48(44-33-17-21-36-19-13-15-31-42(36)44)50(56,38-23-5-1-6-24-38)39-25-7-2-8-26-39)35-47(55)53-49(45-34-18-22-37-20-14-16-32-43(37)45)51(57,40-27-9-3-10-28-40)41-29-11-4-12-30-41/h1-34,48-49,56-57H,35H2,(H,52,54)(H,53,55)/t48-,49-/m1/s1. The third kappa shape index (κ3) is 7.20. The molecule has 2 atom stereocenters. The summed E-state index contributed by atoms with van der Waals surface area (Å²) in [5.41, 5.74) is 0.185. The zero-order valence-electron chi connectivity index (χ0n) is 31.2. The van der Waals surface area contributed by atoms with Crippen LogP contribution in [0.15, 0.2) is 206 Å². The van der Waals surface area contributed by atoms with Crippen molar-refractivity contribution >= 4 is 33.4 Å². The molecule has 0 spiro atoms. The van der Waals surface area contributed by atoms with Gasteiger partial charge in [-0.05, 0) is 54.9 Å². The minimum Gasteiger partial charge on any atom is -0.378 e. The second-order valence-corrected chi connectivity index (χ2v) is 14.3. The van der Waals surface area contributed by atoms with Crippen LogP contribution in [-0.2, 0) is 20.8 Å². The number of nitrogens with one attached hydrogen (secondary N) is 2. The molecule has 6 heteroatoms. The zero-order chi connectivity index (χ0) is 39.2. The molecule has 0 saturated heterocycles. The third-order valence-electron chi connectivity index (χ3n) is 10.9. The van der Waals surface area contributed by atoms with Crippen LogP contribution in [-0.4, -0.2) is 22.0 Å². The van der Waals surface area contributed by atoms with Gasteiger partial charge in [0.15, 0.2) is 0 Å². The van der Waals surface area contributed by atoms with E-state index in [1.54, 1.807) is 0 Å². The van der Waals surface area contributed by atoms with Gasteiger partial charge in [-0.15, -0.1) is 0 Å². The molecule has 0 fully saturated rings. The van der Waals surface area contributed by atoms with Gasteiger partial charge in [-0.2, -0.15) is 0 Å². The van der Waals surface area contributed by atoms with E-state index in [0.717, 1.165) is 21.5 Å². The maximum absolute atomic E-state index is 14.5. The van der Waals surface area contributed by atoms with Crippen LogP contribution in [0.1, 0.15) is 51.9 Å². The van der Waals surface area contributed by atoms with Gasteiger partial charge in [0.05, 0.1) is 12.1 Å². The quantitative estimate of drug-likeness (QED) is 0.0938. The van der Waals surface area contributed by atoms with Gasteiger partial charge in [0.25, 0.3) is 0 Å². The Labute approximate surface area is 332 Å². The molecule has 2 amide bonds. The van der Waals surface area contributed by atoms with Crippen LogP contribution in [0, 0.1) is 0 Å². The van der Waals surface area contributed by atoms with Gasteiger partial charge in [-0.1, -0.05) is 206 Å². The van der Waals surface area contributed by atoms with Gasteiger partial charge < -0.3 is 20.8 Å². The number of carbonyl (C=O) groups excluding carboxylic acids is 2. The minimum absolute atomic E-state index is 0.575. The normalized spacial score (nSPS) is 12.8. The first-order valence-electron chi connectivity index (χ1n) is 19.1. The number of aliphatic hydroxyl groups is 2. The molecule has 0 aliphatic rings. The predicted molar refractivity (Wildman–Crippen MR) is 226 cm³/mol. The van der Waals surface area contributed by atoms with E-state index in [1.807, 2.05) is 206 Å². The maximum atomic E-state index is 14.5. The number of carbonyl (C=O) groups is 2. The fourth-order valence-electron chi connectivity index (χ4n) is 8.16. The minimum atomic E-state index is -1.74. The van der Waals surface area contributed by atoms with Crippen molar-refractivity contribution in [2.24, 2.45) is 0 Å². The van der Waals surface area contributed by atoms with E-state index in [-0.39, 0.29) is 0 Å². The summed E-state index contributed by atoms with van der Waals surface area (Å²) in [4.78, 5) is 28.9. The summed E-state index contributed by atoms with van der Waals surface area (Å²) in [6.07, 6.45) is -0.581. The van der Waals surface area contributed by atoms with Crippen molar-refractivity contribution in [3.63, 3.8) is 0 Å². The number of hydrogen-bond acceptors (Lipinski definition) is 4. The van der Waals surface area contributed by atoms with Crippen molar-refractivity contribution in [2.75, 3.05) is 0 Å². The van der Waals surface area contributed by atoms with Crippen molar-refractivity contribution < 1.29 is 19.8 Å². The van der Waals surface area contributed by atoms with Crippen LogP contribution < -0.4 is 10.6 Å². The molecule has 0 bridgehead atoms. The first kappa shape index (κ1) is 37.1. The summed E-state index contributed by atoms with van der Waals surface area (Å²) in [6, 6.07) is 62.3. The van der Waals surface area contributed by atoms with Gasteiger partial charge in [-0.25, -0.2) is 0 Å². The van der Waals surface area contributed by atoms with E-state index in [4.69, 9.17) is 0 Å². The maximum Gasteiger partial charge on any atom is 0.230 e. The number of benzene rings is 8. The fourth-order valence-corrected chi connectivity index (χ4v) is 8.16. The highest BCUT2D eigenvalue weighted by atomic mass is 16.3. The Morgan fingerprint density at radius 2 is 0.667 bits per heavy atom.